The van der Waals surface area contributed by atoms with Gasteiger partial charge in [-0.25, -0.2) is 8.78 Å². The summed E-state index contributed by atoms with van der Waals surface area (Å²) in [5, 5.41) is 0. The van der Waals surface area contributed by atoms with Crippen molar-refractivity contribution in [1.29, 1.82) is 0 Å². The molecule has 0 bridgehead atoms. The fourth-order valence-electron chi connectivity index (χ4n) is 1.75. The molecule has 2 aromatic rings. The maximum atomic E-state index is 13.4. The van der Waals surface area contributed by atoms with E-state index < -0.39 is 11.6 Å². The van der Waals surface area contributed by atoms with Gasteiger partial charge >= 0.3 is 0 Å². The molecule has 2 rings (SSSR count). The van der Waals surface area contributed by atoms with E-state index in [1.807, 2.05) is 19.1 Å². The second-order valence-electron chi connectivity index (χ2n) is 4.34. The number of aryl methyl sites for hydroxylation is 1. The van der Waals surface area contributed by atoms with E-state index in [0.717, 1.165) is 24.2 Å². The number of carbonyl (C=O) groups is 1. The first-order chi connectivity index (χ1) is 9.60. The molecule has 0 aliphatic heterocycles. The Kier molecular flexibility index (Phi) is 4.90. The summed E-state index contributed by atoms with van der Waals surface area (Å²) in [7, 11) is 0. The summed E-state index contributed by atoms with van der Waals surface area (Å²) in [6.07, 6.45) is 0.921. The van der Waals surface area contributed by atoms with E-state index in [2.05, 4.69) is 0 Å². The minimum atomic E-state index is -0.635. The molecular weight excluding hydrogens is 278 g/mol. The molecule has 0 fully saturated rings. The molecule has 0 heterocycles. The van der Waals surface area contributed by atoms with Crippen LogP contribution >= 0.6 is 11.8 Å². The molecule has 4 heteroatoms. The zero-order chi connectivity index (χ0) is 14.5. The number of Topliss-reactive ketones (excluding diaryl/α,β-unsaturated/α-hetero) is 1. The van der Waals surface area contributed by atoms with Crippen molar-refractivity contribution in [3.8, 4) is 0 Å². The lowest BCUT2D eigenvalue weighted by molar-refractivity contribution is 0.102. The number of hydrogen-bond acceptors (Lipinski definition) is 2. The number of rotatable bonds is 5. The number of thioether (sulfide) groups is 1. The summed E-state index contributed by atoms with van der Waals surface area (Å²) >= 11 is 1.08. The van der Waals surface area contributed by atoms with Crippen LogP contribution in [-0.2, 0) is 6.42 Å². The normalized spacial score (nSPS) is 10.6. The average molecular weight is 292 g/mol. The molecule has 0 aliphatic rings. The highest BCUT2D eigenvalue weighted by atomic mass is 32.2. The van der Waals surface area contributed by atoms with E-state index in [1.165, 1.54) is 17.7 Å². The van der Waals surface area contributed by atoms with E-state index in [-0.39, 0.29) is 16.4 Å². The van der Waals surface area contributed by atoms with Crippen molar-refractivity contribution >= 4 is 17.5 Å². The predicted octanol–water partition coefficient (Wildman–Crippen LogP) is 4.50. The van der Waals surface area contributed by atoms with Gasteiger partial charge in [0.25, 0.3) is 0 Å². The minimum Gasteiger partial charge on any atom is -0.293 e. The lowest BCUT2D eigenvalue weighted by atomic mass is 10.1. The van der Waals surface area contributed by atoms with Gasteiger partial charge in [-0.1, -0.05) is 31.2 Å². The molecule has 20 heavy (non-hydrogen) atoms. The summed E-state index contributed by atoms with van der Waals surface area (Å²) < 4.78 is 26.2. The van der Waals surface area contributed by atoms with Gasteiger partial charge in [0.05, 0.1) is 5.75 Å². The third kappa shape index (κ3) is 3.67. The molecule has 0 spiro atoms. The smallest absolute Gasteiger partial charge is 0.173 e. The highest BCUT2D eigenvalue weighted by Crippen LogP contribution is 2.23. The minimum absolute atomic E-state index is 0.0682. The molecule has 0 saturated carbocycles. The van der Waals surface area contributed by atoms with Crippen LogP contribution in [0.2, 0.25) is 0 Å². The second kappa shape index (κ2) is 6.66. The van der Waals surface area contributed by atoms with Gasteiger partial charge in [-0.15, -0.1) is 11.8 Å². The summed E-state index contributed by atoms with van der Waals surface area (Å²) in [4.78, 5) is 12.3. The van der Waals surface area contributed by atoms with E-state index >= 15 is 0 Å². The molecule has 0 aliphatic carbocycles. The third-order valence-corrected chi connectivity index (χ3v) is 3.99. The lowest BCUT2D eigenvalue weighted by Gasteiger charge is -2.04. The first-order valence-electron chi connectivity index (χ1n) is 6.30. The predicted molar refractivity (Wildman–Crippen MR) is 77.2 cm³/mol. The van der Waals surface area contributed by atoms with Gasteiger partial charge in [0.2, 0.25) is 0 Å². The Bertz CT molecular complexity index is 608. The zero-order valence-electron chi connectivity index (χ0n) is 11.0. The Hall–Kier alpha value is -1.68. The molecule has 0 atom stereocenters. The third-order valence-electron chi connectivity index (χ3n) is 2.94. The van der Waals surface area contributed by atoms with E-state index in [0.29, 0.717) is 5.56 Å². The van der Waals surface area contributed by atoms with Gasteiger partial charge < -0.3 is 0 Å². The van der Waals surface area contributed by atoms with Crippen LogP contribution in [0.5, 0.6) is 0 Å². The van der Waals surface area contributed by atoms with Crippen LogP contribution in [0.25, 0.3) is 0 Å². The van der Waals surface area contributed by atoms with Crippen LogP contribution < -0.4 is 0 Å². The number of carbonyl (C=O) groups excluding carboxylic acids is 1. The Balaban J connectivity index is 2.00. The van der Waals surface area contributed by atoms with Crippen LogP contribution in [0.1, 0.15) is 22.8 Å². The molecule has 0 aromatic heterocycles. The number of hydrogen-bond donors (Lipinski definition) is 0. The van der Waals surface area contributed by atoms with Crippen molar-refractivity contribution in [1.82, 2.24) is 0 Å². The van der Waals surface area contributed by atoms with Crippen molar-refractivity contribution < 1.29 is 13.6 Å². The van der Waals surface area contributed by atoms with Gasteiger partial charge in [0.1, 0.15) is 11.6 Å². The van der Waals surface area contributed by atoms with Gasteiger partial charge in [-0.2, -0.15) is 0 Å². The molecule has 0 unspecified atom stereocenters. The quantitative estimate of drug-likeness (QED) is 0.596. The first kappa shape index (κ1) is 14.7. The molecule has 0 N–H and O–H groups in total. The largest absolute Gasteiger partial charge is 0.293 e. The van der Waals surface area contributed by atoms with Crippen LogP contribution in [0.4, 0.5) is 8.78 Å². The van der Waals surface area contributed by atoms with Gasteiger partial charge in [0, 0.05) is 16.5 Å². The maximum absolute atomic E-state index is 13.4. The van der Waals surface area contributed by atoms with Crippen molar-refractivity contribution in [2.45, 2.75) is 18.2 Å². The summed E-state index contributed by atoms with van der Waals surface area (Å²) in [5.41, 5.74) is 1.77. The van der Waals surface area contributed by atoms with E-state index in [9.17, 15) is 13.6 Å². The highest BCUT2D eigenvalue weighted by Gasteiger charge is 2.09. The number of ketones is 1. The fraction of sp³-hybridized carbons (Fsp3) is 0.188. The number of halogens is 2. The fourth-order valence-corrected chi connectivity index (χ4v) is 2.56. The molecule has 2 aromatic carbocycles. The van der Waals surface area contributed by atoms with Crippen LogP contribution in [0.3, 0.4) is 0 Å². The van der Waals surface area contributed by atoms with Gasteiger partial charge in [0.15, 0.2) is 5.78 Å². The topological polar surface area (TPSA) is 17.1 Å². The standard InChI is InChI=1S/C16H14F2OS/c1-2-11-3-5-12(6-4-11)15(19)10-20-16-8-7-13(17)9-14(16)18/h3-9H,2,10H2,1H3. The highest BCUT2D eigenvalue weighted by molar-refractivity contribution is 8.00. The van der Waals surface area contributed by atoms with Crippen LogP contribution in [0.15, 0.2) is 47.4 Å². The second-order valence-corrected chi connectivity index (χ2v) is 5.35. The van der Waals surface area contributed by atoms with E-state index in [4.69, 9.17) is 0 Å². The summed E-state index contributed by atoms with van der Waals surface area (Å²) in [6.45, 7) is 2.05. The Labute approximate surface area is 121 Å². The van der Waals surface area contributed by atoms with Crippen molar-refractivity contribution in [2.75, 3.05) is 5.75 Å². The molecule has 0 amide bonds. The Morgan fingerprint density at radius 1 is 1.10 bits per heavy atom. The molecular formula is C16H14F2OS. The molecule has 104 valence electrons. The van der Waals surface area contributed by atoms with Crippen molar-refractivity contribution in [3.05, 3.63) is 65.2 Å². The first-order valence-corrected chi connectivity index (χ1v) is 7.28. The van der Waals surface area contributed by atoms with Gasteiger partial charge in [-0.3, -0.25) is 4.79 Å². The van der Waals surface area contributed by atoms with Crippen molar-refractivity contribution in [3.63, 3.8) is 0 Å². The van der Waals surface area contributed by atoms with Crippen LogP contribution in [-0.4, -0.2) is 11.5 Å². The maximum Gasteiger partial charge on any atom is 0.173 e. The monoisotopic (exact) mass is 292 g/mol. The van der Waals surface area contributed by atoms with Crippen LogP contribution in [0, 0.1) is 11.6 Å². The summed E-state index contributed by atoms with van der Waals surface area (Å²) in [6, 6.07) is 10.7. The zero-order valence-corrected chi connectivity index (χ0v) is 11.8. The van der Waals surface area contributed by atoms with Crippen molar-refractivity contribution in [2.24, 2.45) is 0 Å². The molecule has 0 saturated heterocycles. The van der Waals surface area contributed by atoms with E-state index in [1.54, 1.807) is 12.1 Å². The average Bonchev–Trinajstić information content (AvgIpc) is 2.46. The molecule has 0 radical (unpaired) electrons. The SMILES string of the molecule is CCc1ccc(C(=O)CSc2ccc(F)cc2F)cc1. The molecule has 1 nitrogen and oxygen atoms in total. The Morgan fingerprint density at radius 3 is 2.40 bits per heavy atom. The van der Waals surface area contributed by atoms with Gasteiger partial charge in [-0.05, 0) is 24.1 Å². The Morgan fingerprint density at radius 2 is 1.80 bits per heavy atom. The number of benzene rings is 2. The lowest BCUT2D eigenvalue weighted by Crippen LogP contribution is -2.02. The summed E-state index contributed by atoms with van der Waals surface area (Å²) in [5.74, 6) is -1.19.